The molecule has 1 aliphatic carbocycles. The number of rotatable bonds is 4. The van der Waals surface area contributed by atoms with E-state index in [0.29, 0.717) is 17.9 Å². The Morgan fingerprint density at radius 3 is 2.93 bits per heavy atom. The highest BCUT2D eigenvalue weighted by molar-refractivity contribution is 5.48. The molecule has 0 saturated heterocycles. The van der Waals surface area contributed by atoms with Gasteiger partial charge in [0.25, 0.3) is 0 Å². The molecule has 0 unspecified atom stereocenters. The molecule has 0 heterocycles. The number of benzene rings is 1. The van der Waals surface area contributed by atoms with Gasteiger partial charge in [0.05, 0.1) is 6.10 Å². The Hall–Kier alpha value is -1.22. The van der Waals surface area contributed by atoms with Gasteiger partial charge in [-0.2, -0.15) is 0 Å². The van der Waals surface area contributed by atoms with Crippen LogP contribution in [0.2, 0.25) is 0 Å². The van der Waals surface area contributed by atoms with E-state index in [1.807, 2.05) is 19.1 Å². The van der Waals surface area contributed by atoms with Crippen molar-refractivity contribution in [3.05, 3.63) is 24.3 Å². The molecule has 3 nitrogen and oxygen atoms in total. The largest absolute Gasteiger partial charge is 0.508 e. The van der Waals surface area contributed by atoms with Gasteiger partial charge in [0.2, 0.25) is 0 Å². The van der Waals surface area contributed by atoms with Gasteiger partial charge < -0.3 is 15.2 Å². The number of phenols is 1. The van der Waals surface area contributed by atoms with Gasteiger partial charge in [-0.15, -0.1) is 0 Å². The average molecular weight is 207 g/mol. The van der Waals surface area contributed by atoms with Crippen LogP contribution in [-0.2, 0) is 4.74 Å². The van der Waals surface area contributed by atoms with Gasteiger partial charge in [0.1, 0.15) is 5.75 Å². The third-order valence-electron chi connectivity index (χ3n) is 2.71. The van der Waals surface area contributed by atoms with Crippen LogP contribution in [0.1, 0.15) is 19.8 Å². The Balaban J connectivity index is 1.80. The number of aromatic hydroxyl groups is 1. The molecule has 2 N–H and O–H groups in total. The number of ether oxygens (including phenoxy) is 1. The molecular weight excluding hydrogens is 190 g/mol. The molecule has 0 atom stereocenters. The molecule has 0 aromatic heterocycles. The molecule has 82 valence electrons. The zero-order chi connectivity index (χ0) is 10.7. The van der Waals surface area contributed by atoms with E-state index in [-0.39, 0.29) is 0 Å². The molecule has 1 aromatic rings. The SMILES string of the molecule is CCOC1CC(Nc2cccc(O)c2)C1. The molecule has 0 amide bonds. The Labute approximate surface area is 90.1 Å². The third-order valence-corrected chi connectivity index (χ3v) is 2.71. The topological polar surface area (TPSA) is 41.5 Å². The van der Waals surface area contributed by atoms with Gasteiger partial charge in [-0.25, -0.2) is 0 Å². The molecule has 3 heteroatoms. The first-order valence-electron chi connectivity index (χ1n) is 5.45. The van der Waals surface area contributed by atoms with Crippen molar-refractivity contribution in [3.8, 4) is 5.75 Å². The summed E-state index contributed by atoms with van der Waals surface area (Å²) in [5, 5.41) is 12.7. The lowest BCUT2D eigenvalue weighted by atomic mass is 9.89. The third kappa shape index (κ3) is 2.63. The summed E-state index contributed by atoms with van der Waals surface area (Å²) in [4.78, 5) is 0. The summed E-state index contributed by atoms with van der Waals surface area (Å²) in [6, 6.07) is 7.72. The lowest BCUT2D eigenvalue weighted by molar-refractivity contribution is 0.00299. The quantitative estimate of drug-likeness (QED) is 0.796. The van der Waals surface area contributed by atoms with E-state index < -0.39 is 0 Å². The van der Waals surface area contributed by atoms with E-state index >= 15 is 0 Å². The zero-order valence-electron chi connectivity index (χ0n) is 8.94. The molecule has 0 aliphatic heterocycles. The number of nitrogens with one attached hydrogen (secondary N) is 1. The number of hydrogen-bond acceptors (Lipinski definition) is 3. The van der Waals surface area contributed by atoms with E-state index in [2.05, 4.69) is 5.32 Å². The van der Waals surface area contributed by atoms with Gasteiger partial charge in [0, 0.05) is 24.4 Å². The minimum Gasteiger partial charge on any atom is -0.508 e. The lowest BCUT2D eigenvalue weighted by Gasteiger charge is -2.36. The van der Waals surface area contributed by atoms with Crippen molar-refractivity contribution >= 4 is 5.69 Å². The van der Waals surface area contributed by atoms with Crippen molar-refractivity contribution in [2.45, 2.75) is 31.9 Å². The van der Waals surface area contributed by atoms with Crippen LogP contribution in [0.5, 0.6) is 5.75 Å². The van der Waals surface area contributed by atoms with Crippen LogP contribution in [0, 0.1) is 0 Å². The highest BCUT2D eigenvalue weighted by Crippen LogP contribution is 2.27. The molecule has 1 saturated carbocycles. The summed E-state index contributed by atoms with van der Waals surface area (Å²) in [7, 11) is 0. The predicted molar refractivity (Wildman–Crippen MR) is 60.2 cm³/mol. The normalized spacial score (nSPS) is 24.6. The van der Waals surface area contributed by atoms with Crippen LogP contribution in [0.15, 0.2) is 24.3 Å². The maximum Gasteiger partial charge on any atom is 0.117 e. The monoisotopic (exact) mass is 207 g/mol. The predicted octanol–water partition coefficient (Wildman–Crippen LogP) is 2.37. The first-order valence-corrected chi connectivity index (χ1v) is 5.45. The van der Waals surface area contributed by atoms with E-state index in [4.69, 9.17) is 4.74 Å². The number of hydrogen-bond donors (Lipinski definition) is 2. The molecule has 1 fully saturated rings. The van der Waals surface area contributed by atoms with Crippen LogP contribution in [0.3, 0.4) is 0 Å². The molecular formula is C12H17NO2. The van der Waals surface area contributed by atoms with Crippen LogP contribution in [-0.4, -0.2) is 23.9 Å². The van der Waals surface area contributed by atoms with Crippen LogP contribution >= 0.6 is 0 Å². The van der Waals surface area contributed by atoms with Crippen molar-refractivity contribution in [2.24, 2.45) is 0 Å². The van der Waals surface area contributed by atoms with Crippen molar-refractivity contribution in [2.75, 3.05) is 11.9 Å². The number of phenolic OH excluding ortho intramolecular Hbond substituents is 1. The highest BCUT2D eigenvalue weighted by atomic mass is 16.5. The van der Waals surface area contributed by atoms with Crippen LogP contribution in [0.4, 0.5) is 5.69 Å². The summed E-state index contributed by atoms with van der Waals surface area (Å²) in [5.41, 5.74) is 0.981. The fraction of sp³-hybridized carbons (Fsp3) is 0.500. The van der Waals surface area contributed by atoms with Gasteiger partial charge in [0.15, 0.2) is 0 Å². The Bertz CT molecular complexity index is 321. The van der Waals surface area contributed by atoms with Gasteiger partial charge in [-0.1, -0.05) is 6.07 Å². The molecule has 0 bridgehead atoms. The summed E-state index contributed by atoms with van der Waals surface area (Å²) in [6.45, 7) is 2.82. The second-order valence-electron chi connectivity index (χ2n) is 3.94. The lowest BCUT2D eigenvalue weighted by Crippen LogP contribution is -2.40. The second kappa shape index (κ2) is 4.53. The van der Waals surface area contributed by atoms with Gasteiger partial charge in [-0.3, -0.25) is 0 Å². The minimum absolute atomic E-state index is 0.306. The Kier molecular flexibility index (Phi) is 3.11. The standard InChI is InChI=1S/C12H17NO2/c1-2-15-12-7-10(8-12)13-9-4-3-5-11(14)6-9/h3-6,10,12-14H,2,7-8H2,1H3. The average Bonchev–Trinajstić information content (AvgIpc) is 2.15. The van der Waals surface area contributed by atoms with E-state index in [9.17, 15) is 5.11 Å². The Morgan fingerprint density at radius 1 is 1.47 bits per heavy atom. The maximum absolute atomic E-state index is 9.29. The molecule has 15 heavy (non-hydrogen) atoms. The summed E-state index contributed by atoms with van der Waals surface area (Å²) in [6.07, 6.45) is 2.54. The van der Waals surface area contributed by atoms with Crippen molar-refractivity contribution in [3.63, 3.8) is 0 Å². The molecule has 2 rings (SSSR count). The highest BCUT2D eigenvalue weighted by Gasteiger charge is 2.29. The smallest absolute Gasteiger partial charge is 0.117 e. The van der Waals surface area contributed by atoms with E-state index in [0.717, 1.165) is 25.1 Å². The molecule has 1 aromatic carbocycles. The first kappa shape index (κ1) is 10.3. The van der Waals surface area contributed by atoms with Gasteiger partial charge >= 0.3 is 0 Å². The summed E-state index contributed by atoms with van der Waals surface area (Å²) >= 11 is 0. The fourth-order valence-corrected chi connectivity index (χ4v) is 1.89. The van der Waals surface area contributed by atoms with Crippen molar-refractivity contribution < 1.29 is 9.84 Å². The van der Waals surface area contributed by atoms with Crippen molar-refractivity contribution in [1.29, 1.82) is 0 Å². The number of anilines is 1. The molecule has 0 spiro atoms. The Morgan fingerprint density at radius 2 is 2.27 bits per heavy atom. The minimum atomic E-state index is 0.306. The summed E-state index contributed by atoms with van der Waals surface area (Å²) < 4.78 is 5.48. The van der Waals surface area contributed by atoms with Crippen LogP contribution < -0.4 is 5.32 Å². The van der Waals surface area contributed by atoms with E-state index in [1.165, 1.54) is 0 Å². The van der Waals surface area contributed by atoms with E-state index in [1.54, 1.807) is 12.1 Å². The first-order chi connectivity index (χ1) is 7.28. The zero-order valence-corrected chi connectivity index (χ0v) is 8.94. The van der Waals surface area contributed by atoms with Crippen LogP contribution in [0.25, 0.3) is 0 Å². The second-order valence-corrected chi connectivity index (χ2v) is 3.94. The fourth-order valence-electron chi connectivity index (χ4n) is 1.89. The molecule has 1 aliphatic rings. The molecule has 0 radical (unpaired) electrons. The van der Waals surface area contributed by atoms with Gasteiger partial charge in [-0.05, 0) is 31.9 Å². The summed E-state index contributed by atoms with van der Waals surface area (Å²) in [5.74, 6) is 0.306. The maximum atomic E-state index is 9.29. The van der Waals surface area contributed by atoms with Crippen molar-refractivity contribution in [1.82, 2.24) is 0 Å².